The molecular formula is C10H12N4. The summed E-state index contributed by atoms with van der Waals surface area (Å²) >= 11 is 0. The minimum Gasteiger partial charge on any atom is -0.326 e. The maximum atomic E-state index is 5.66. The molecule has 0 unspecified atom stereocenters. The molecule has 14 heavy (non-hydrogen) atoms. The second kappa shape index (κ2) is 3.59. The zero-order valence-electron chi connectivity index (χ0n) is 8.01. The van der Waals surface area contributed by atoms with Crippen LogP contribution in [0.5, 0.6) is 0 Å². The van der Waals surface area contributed by atoms with Gasteiger partial charge in [0.25, 0.3) is 0 Å². The van der Waals surface area contributed by atoms with E-state index in [1.165, 1.54) is 5.56 Å². The quantitative estimate of drug-likeness (QED) is 0.766. The molecule has 0 fully saturated rings. The summed E-state index contributed by atoms with van der Waals surface area (Å²) in [5, 5.41) is 8.15. The van der Waals surface area contributed by atoms with E-state index < -0.39 is 0 Å². The highest BCUT2D eigenvalue weighted by atomic mass is 15.5. The van der Waals surface area contributed by atoms with Crippen LogP contribution < -0.4 is 5.73 Å². The summed E-state index contributed by atoms with van der Waals surface area (Å²) in [4.78, 5) is 1.58. The summed E-state index contributed by atoms with van der Waals surface area (Å²) in [5.74, 6) is 0. The molecule has 0 amide bonds. The lowest BCUT2D eigenvalue weighted by Gasteiger charge is -2.06. The Labute approximate surface area is 82.4 Å². The van der Waals surface area contributed by atoms with E-state index in [0.29, 0.717) is 6.54 Å². The Morgan fingerprint density at radius 3 is 2.64 bits per heavy atom. The SMILES string of the molecule is Cc1ccc(-n2nccn2)c(CN)c1. The summed E-state index contributed by atoms with van der Waals surface area (Å²) in [6, 6.07) is 6.06. The fraction of sp³-hybridized carbons (Fsp3) is 0.200. The van der Waals surface area contributed by atoms with Gasteiger partial charge < -0.3 is 5.73 Å². The molecule has 0 saturated carbocycles. The maximum absolute atomic E-state index is 5.66. The van der Waals surface area contributed by atoms with Crippen molar-refractivity contribution in [2.24, 2.45) is 5.73 Å². The van der Waals surface area contributed by atoms with Crippen LogP contribution in [0.1, 0.15) is 11.1 Å². The molecule has 4 heteroatoms. The Bertz CT molecular complexity index is 420. The molecule has 0 aliphatic heterocycles. The predicted octanol–water partition coefficient (Wildman–Crippen LogP) is 1.03. The average Bonchev–Trinajstić information content (AvgIpc) is 2.70. The summed E-state index contributed by atoms with van der Waals surface area (Å²) in [7, 11) is 0. The van der Waals surface area contributed by atoms with Crippen molar-refractivity contribution in [3.63, 3.8) is 0 Å². The van der Waals surface area contributed by atoms with E-state index in [9.17, 15) is 0 Å². The molecule has 2 rings (SSSR count). The highest BCUT2D eigenvalue weighted by Gasteiger charge is 2.03. The van der Waals surface area contributed by atoms with Crippen LogP contribution >= 0.6 is 0 Å². The molecule has 72 valence electrons. The molecule has 0 saturated heterocycles. The van der Waals surface area contributed by atoms with Crippen molar-refractivity contribution in [3.8, 4) is 5.69 Å². The smallest absolute Gasteiger partial charge is 0.0901 e. The lowest BCUT2D eigenvalue weighted by atomic mass is 10.1. The van der Waals surface area contributed by atoms with Gasteiger partial charge in [-0.15, -0.1) is 0 Å². The summed E-state index contributed by atoms with van der Waals surface area (Å²) in [6.07, 6.45) is 3.31. The van der Waals surface area contributed by atoms with E-state index in [2.05, 4.69) is 16.3 Å². The maximum Gasteiger partial charge on any atom is 0.0901 e. The van der Waals surface area contributed by atoms with Gasteiger partial charge in [-0.1, -0.05) is 17.7 Å². The molecule has 0 spiro atoms. The predicted molar refractivity (Wildman–Crippen MR) is 54.0 cm³/mol. The minimum absolute atomic E-state index is 0.499. The zero-order chi connectivity index (χ0) is 9.97. The highest BCUT2D eigenvalue weighted by Crippen LogP contribution is 2.13. The van der Waals surface area contributed by atoms with Crippen molar-refractivity contribution >= 4 is 0 Å². The van der Waals surface area contributed by atoms with Crippen molar-refractivity contribution in [3.05, 3.63) is 41.7 Å². The van der Waals surface area contributed by atoms with Crippen LogP contribution in [0.4, 0.5) is 0 Å². The number of nitrogens with two attached hydrogens (primary N) is 1. The van der Waals surface area contributed by atoms with Crippen molar-refractivity contribution in [2.75, 3.05) is 0 Å². The lowest BCUT2D eigenvalue weighted by Crippen LogP contribution is -2.07. The van der Waals surface area contributed by atoms with Crippen molar-refractivity contribution in [2.45, 2.75) is 13.5 Å². The van der Waals surface area contributed by atoms with E-state index >= 15 is 0 Å². The van der Waals surface area contributed by atoms with E-state index in [4.69, 9.17) is 5.73 Å². The Hall–Kier alpha value is -1.68. The van der Waals surface area contributed by atoms with Gasteiger partial charge in [-0.25, -0.2) is 0 Å². The first-order valence-corrected chi connectivity index (χ1v) is 4.47. The molecule has 1 aromatic heterocycles. The Morgan fingerprint density at radius 2 is 2.00 bits per heavy atom. The summed E-state index contributed by atoms with van der Waals surface area (Å²) in [6.45, 7) is 2.54. The van der Waals surface area contributed by atoms with Crippen molar-refractivity contribution < 1.29 is 0 Å². The summed E-state index contributed by atoms with van der Waals surface area (Å²) in [5.41, 5.74) is 8.86. The van der Waals surface area contributed by atoms with Crippen LogP contribution in [-0.4, -0.2) is 15.0 Å². The van der Waals surface area contributed by atoms with Crippen molar-refractivity contribution in [1.29, 1.82) is 0 Å². The van der Waals surface area contributed by atoms with Gasteiger partial charge in [-0.3, -0.25) is 0 Å². The lowest BCUT2D eigenvalue weighted by molar-refractivity contribution is 0.741. The molecule has 0 aliphatic rings. The van der Waals surface area contributed by atoms with Gasteiger partial charge in [-0.2, -0.15) is 15.0 Å². The molecule has 2 aromatic rings. The van der Waals surface area contributed by atoms with Gasteiger partial charge in [0.15, 0.2) is 0 Å². The van der Waals surface area contributed by atoms with E-state index in [1.54, 1.807) is 17.2 Å². The number of aryl methyl sites for hydroxylation is 1. The van der Waals surface area contributed by atoms with E-state index in [1.807, 2.05) is 19.1 Å². The number of hydrogen-bond acceptors (Lipinski definition) is 3. The van der Waals surface area contributed by atoms with Gasteiger partial charge in [0.05, 0.1) is 18.1 Å². The van der Waals surface area contributed by atoms with E-state index in [-0.39, 0.29) is 0 Å². The monoisotopic (exact) mass is 188 g/mol. The molecule has 2 N–H and O–H groups in total. The second-order valence-corrected chi connectivity index (χ2v) is 3.15. The number of rotatable bonds is 2. The molecule has 0 radical (unpaired) electrons. The Morgan fingerprint density at radius 1 is 1.29 bits per heavy atom. The average molecular weight is 188 g/mol. The van der Waals surface area contributed by atoms with Crippen LogP contribution in [0.15, 0.2) is 30.6 Å². The van der Waals surface area contributed by atoms with Gasteiger partial charge in [-0.05, 0) is 18.6 Å². The topological polar surface area (TPSA) is 56.7 Å². The first kappa shape index (κ1) is 8.90. The van der Waals surface area contributed by atoms with Crippen molar-refractivity contribution in [1.82, 2.24) is 15.0 Å². The molecule has 1 aromatic carbocycles. The van der Waals surface area contributed by atoms with Gasteiger partial charge in [0.2, 0.25) is 0 Å². The third kappa shape index (κ3) is 1.52. The Balaban J connectivity index is 2.53. The normalized spacial score (nSPS) is 10.4. The number of hydrogen-bond donors (Lipinski definition) is 1. The minimum atomic E-state index is 0.499. The molecular weight excluding hydrogens is 176 g/mol. The second-order valence-electron chi connectivity index (χ2n) is 3.15. The number of aromatic nitrogens is 3. The zero-order valence-corrected chi connectivity index (χ0v) is 8.01. The number of nitrogens with zero attached hydrogens (tertiary/aromatic N) is 3. The first-order valence-electron chi connectivity index (χ1n) is 4.47. The van der Waals surface area contributed by atoms with Crippen LogP contribution in [0, 0.1) is 6.92 Å². The van der Waals surface area contributed by atoms with E-state index in [0.717, 1.165) is 11.3 Å². The number of benzene rings is 1. The van der Waals surface area contributed by atoms with Crippen LogP contribution in [0.25, 0.3) is 5.69 Å². The third-order valence-corrected chi connectivity index (χ3v) is 2.09. The van der Waals surface area contributed by atoms with Crippen LogP contribution in [0.3, 0.4) is 0 Å². The summed E-state index contributed by atoms with van der Waals surface area (Å²) < 4.78 is 0. The van der Waals surface area contributed by atoms with Gasteiger partial charge in [0, 0.05) is 6.54 Å². The third-order valence-electron chi connectivity index (χ3n) is 2.09. The standard InChI is InChI=1S/C10H12N4/c1-8-2-3-10(9(6-8)7-11)14-12-4-5-13-14/h2-6H,7,11H2,1H3. The fourth-order valence-corrected chi connectivity index (χ4v) is 1.41. The van der Waals surface area contributed by atoms with Gasteiger partial charge >= 0.3 is 0 Å². The molecule has 0 aliphatic carbocycles. The largest absolute Gasteiger partial charge is 0.326 e. The van der Waals surface area contributed by atoms with Gasteiger partial charge in [0.1, 0.15) is 0 Å². The first-order chi connectivity index (χ1) is 6.81. The highest BCUT2D eigenvalue weighted by molar-refractivity contribution is 5.41. The Kier molecular flexibility index (Phi) is 2.28. The fourth-order valence-electron chi connectivity index (χ4n) is 1.41. The molecule has 0 bridgehead atoms. The van der Waals surface area contributed by atoms with Crippen LogP contribution in [-0.2, 0) is 6.54 Å². The molecule has 1 heterocycles. The molecule has 0 atom stereocenters. The molecule has 4 nitrogen and oxygen atoms in total. The van der Waals surface area contributed by atoms with Crippen LogP contribution in [0.2, 0.25) is 0 Å².